The lowest BCUT2D eigenvalue weighted by Gasteiger charge is -2.07. The van der Waals surface area contributed by atoms with Gasteiger partial charge >= 0.3 is 0 Å². The van der Waals surface area contributed by atoms with Gasteiger partial charge in [-0.3, -0.25) is 9.78 Å². The van der Waals surface area contributed by atoms with Gasteiger partial charge in [-0.05, 0) is 24.3 Å². The molecule has 0 atom stereocenters. The molecule has 5 heteroatoms. The predicted octanol–water partition coefficient (Wildman–Crippen LogP) is 2.20. The predicted molar refractivity (Wildman–Crippen MR) is 73.2 cm³/mol. The molecule has 1 N–H and O–H groups in total. The third-order valence-corrected chi connectivity index (χ3v) is 2.81. The summed E-state index contributed by atoms with van der Waals surface area (Å²) in [7, 11) is 1.45. The monoisotopic (exact) mass is 274 g/mol. The Labute approximate surface area is 116 Å². The Hall–Kier alpha value is -2.43. The molecule has 104 valence electrons. The second kappa shape index (κ2) is 6.65. The summed E-state index contributed by atoms with van der Waals surface area (Å²) in [5, 5.41) is 2.67. The fourth-order valence-corrected chi connectivity index (χ4v) is 1.75. The summed E-state index contributed by atoms with van der Waals surface area (Å²) >= 11 is 0. The van der Waals surface area contributed by atoms with Crippen molar-refractivity contribution in [2.45, 2.75) is 6.42 Å². The van der Waals surface area contributed by atoms with Gasteiger partial charge in [-0.15, -0.1) is 0 Å². The maximum atomic E-state index is 13.7. The van der Waals surface area contributed by atoms with Crippen LogP contribution < -0.4 is 10.1 Å². The normalized spacial score (nSPS) is 10.1. The number of hydrogen-bond donors (Lipinski definition) is 1. The molecule has 0 unspecified atom stereocenters. The van der Waals surface area contributed by atoms with Crippen molar-refractivity contribution in [3.8, 4) is 5.75 Å². The van der Waals surface area contributed by atoms with Crippen molar-refractivity contribution in [3.05, 3.63) is 59.7 Å². The van der Waals surface area contributed by atoms with Gasteiger partial charge in [-0.1, -0.05) is 6.07 Å². The molecular weight excluding hydrogens is 259 g/mol. The number of pyridine rings is 1. The van der Waals surface area contributed by atoms with E-state index in [1.54, 1.807) is 12.3 Å². The van der Waals surface area contributed by atoms with E-state index in [4.69, 9.17) is 4.74 Å². The number of carbonyl (C=O) groups is 1. The highest BCUT2D eigenvalue weighted by molar-refractivity contribution is 5.94. The molecule has 2 rings (SSSR count). The Bertz CT molecular complexity index is 588. The molecule has 20 heavy (non-hydrogen) atoms. The van der Waals surface area contributed by atoms with Gasteiger partial charge in [0.15, 0.2) is 0 Å². The van der Waals surface area contributed by atoms with Crippen molar-refractivity contribution in [2.24, 2.45) is 0 Å². The molecule has 1 heterocycles. The number of nitrogens with one attached hydrogen (secondary N) is 1. The number of amides is 1. The molecule has 0 radical (unpaired) electrons. The van der Waals surface area contributed by atoms with Gasteiger partial charge in [-0.25, -0.2) is 4.39 Å². The number of hydrogen-bond acceptors (Lipinski definition) is 3. The number of carbonyl (C=O) groups excluding carboxylic acids is 1. The number of rotatable bonds is 5. The van der Waals surface area contributed by atoms with E-state index in [1.165, 1.54) is 19.2 Å². The van der Waals surface area contributed by atoms with Gasteiger partial charge in [0, 0.05) is 30.9 Å². The van der Waals surface area contributed by atoms with Crippen molar-refractivity contribution in [3.63, 3.8) is 0 Å². The Morgan fingerprint density at radius 1 is 1.35 bits per heavy atom. The van der Waals surface area contributed by atoms with E-state index in [9.17, 15) is 9.18 Å². The summed E-state index contributed by atoms with van der Waals surface area (Å²) in [5.74, 6) is -0.659. The van der Waals surface area contributed by atoms with E-state index in [0.717, 1.165) is 5.69 Å². The van der Waals surface area contributed by atoms with Crippen LogP contribution in [0.5, 0.6) is 5.75 Å². The quantitative estimate of drug-likeness (QED) is 0.909. The van der Waals surface area contributed by atoms with Gasteiger partial charge in [-0.2, -0.15) is 0 Å². The zero-order valence-electron chi connectivity index (χ0n) is 11.1. The highest BCUT2D eigenvalue weighted by atomic mass is 19.1. The van der Waals surface area contributed by atoms with E-state index in [0.29, 0.717) is 18.7 Å². The first-order valence-corrected chi connectivity index (χ1v) is 6.22. The smallest absolute Gasteiger partial charge is 0.254 e. The lowest BCUT2D eigenvalue weighted by atomic mass is 10.2. The van der Waals surface area contributed by atoms with Crippen LogP contribution in [0.3, 0.4) is 0 Å². The van der Waals surface area contributed by atoms with E-state index in [2.05, 4.69) is 10.3 Å². The zero-order valence-corrected chi connectivity index (χ0v) is 11.1. The molecule has 1 amide bonds. The number of ether oxygens (including phenoxy) is 1. The van der Waals surface area contributed by atoms with Crippen LogP contribution in [-0.2, 0) is 6.42 Å². The number of methoxy groups -OCH3 is 1. The summed E-state index contributed by atoms with van der Waals surface area (Å²) in [5.41, 5.74) is 0.884. The SMILES string of the molecule is COc1ccc(C(=O)NCCc2ccccn2)c(F)c1. The number of halogens is 1. The maximum absolute atomic E-state index is 13.7. The van der Waals surface area contributed by atoms with Gasteiger partial charge in [0.2, 0.25) is 0 Å². The number of nitrogens with zero attached hydrogens (tertiary/aromatic N) is 1. The van der Waals surface area contributed by atoms with Crippen LogP contribution in [0.2, 0.25) is 0 Å². The van der Waals surface area contributed by atoms with Gasteiger partial charge in [0.1, 0.15) is 11.6 Å². The lowest BCUT2D eigenvalue weighted by Crippen LogP contribution is -2.26. The first kappa shape index (κ1) is 14.0. The molecule has 0 aliphatic rings. The first-order valence-electron chi connectivity index (χ1n) is 6.22. The Morgan fingerprint density at radius 3 is 2.85 bits per heavy atom. The summed E-state index contributed by atoms with van der Waals surface area (Å²) < 4.78 is 18.6. The molecule has 0 aliphatic carbocycles. The van der Waals surface area contributed by atoms with Crippen LogP contribution in [0, 0.1) is 5.82 Å². The van der Waals surface area contributed by atoms with Crippen LogP contribution in [0.25, 0.3) is 0 Å². The van der Waals surface area contributed by atoms with Crippen molar-refractivity contribution in [1.82, 2.24) is 10.3 Å². The molecule has 0 saturated carbocycles. The molecular formula is C15H15FN2O2. The number of aromatic nitrogens is 1. The van der Waals surface area contributed by atoms with E-state index in [-0.39, 0.29) is 5.56 Å². The third kappa shape index (κ3) is 3.54. The summed E-state index contributed by atoms with van der Waals surface area (Å²) in [6, 6.07) is 9.73. The fourth-order valence-electron chi connectivity index (χ4n) is 1.75. The highest BCUT2D eigenvalue weighted by Crippen LogP contribution is 2.16. The fraction of sp³-hybridized carbons (Fsp3) is 0.200. The summed E-state index contributed by atoms with van der Waals surface area (Å²) in [6.45, 7) is 0.404. The van der Waals surface area contributed by atoms with Crippen LogP contribution in [0.15, 0.2) is 42.6 Å². The molecule has 2 aromatic rings. The maximum Gasteiger partial charge on any atom is 0.254 e. The molecule has 0 aliphatic heterocycles. The minimum Gasteiger partial charge on any atom is -0.497 e. The van der Waals surface area contributed by atoms with Crippen LogP contribution in [0.4, 0.5) is 4.39 Å². The van der Waals surface area contributed by atoms with Gasteiger partial charge in [0.25, 0.3) is 5.91 Å². The third-order valence-electron chi connectivity index (χ3n) is 2.81. The van der Waals surface area contributed by atoms with Gasteiger partial charge < -0.3 is 10.1 Å². The molecule has 0 saturated heterocycles. The van der Waals surface area contributed by atoms with Crippen molar-refractivity contribution >= 4 is 5.91 Å². The van der Waals surface area contributed by atoms with Gasteiger partial charge in [0.05, 0.1) is 12.7 Å². The second-order valence-electron chi connectivity index (χ2n) is 4.17. The molecule has 1 aromatic heterocycles. The number of benzene rings is 1. The topological polar surface area (TPSA) is 51.2 Å². The minimum atomic E-state index is -0.598. The average Bonchev–Trinajstić information content (AvgIpc) is 2.48. The second-order valence-corrected chi connectivity index (χ2v) is 4.17. The highest BCUT2D eigenvalue weighted by Gasteiger charge is 2.11. The molecule has 0 bridgehead atoms. The molecule has 0 spiro atoms. The molecule has 4 nitrogen and oxygen atoms in total. The first-order chi connectivity index (χ1) is 9.70. The van der Waals surface area contributed by atoms with E-state index >= 15 is 0 Å². The lowest BCUT2D eigenvalue weighted by molar-refractivity contribution is 0.0950. The van der Waals surface area contributed by atoms with E-state index in [1.807, 2.05) is 18.2 Å². The summed E-state index contributed by atoms with van der Waals surface area (Å²) in [4.78, 5) is 16.0. The van der Waals surface area contributed by atoms with E-state index < -0.39 is 11.7 Å². The largest absolute Gasteiger partial charge is 0.497 e. The minimum absolute atomic E-state index is 0.00632. The van der Waals surface area contributed by atoms with Crippen molar-refractivity contribution in [1.29, 1.82) is 0 Å². The van der Waals surface area contributed by atoms with Crippen molar-refractivity contribution in [2.75, 3.05) is 13.7 Å². The standard InChI is InChI=1S/C15H15FN2O2/c1-20-12-5-6-13(14(16)10-12)15(19)18-9-7-11-4-2-3-8-17-11/h2-6,8,10H,7,9H2,1H3,(H,18,19). The average molecular weight is 274 g/mol. The molecule has 0 fully saturated rings. The van der Waals surface area contributed by atoms with Crippen LogP contribution in [-0.4, -0.2) is 24.5 Å². The van der Waals surface area contributed by atoms with Crippen molar-refractivity contribution < 1.29 is 13.9 Å². The zero-order chi connectivity index (χ0) is 14.4. The Balaban J connectivity index is 1.92. The van der Waals surface area contributed by atoms with Crippen LogP contribution >= 0.6 is 0 Å². The Morgan fingerprint density at radius 2 is 2.20 bits per heavy atom. The molecule has 1 aromatic carbocycles. The van der Waals surface area contributed by atoms with Crippen LogP contribution in [0.1, 0.15) is 16.1 Å². The summed E-state index contributed by atoms with van der Waals surface area (Å²) in [6.07, 6.45) is 2.30. The Kier molecular flexibility index (Phi) is 4.65.